The minimum absolute atomic E-state index is 0. The van der Waals surface area contributed by atoms with Crippen LogP contribution in [0.4, 0.5) is 0 Å². The number of carbonyl (C=O) groups is 1. The summed E-state index contributed by atoms with van der Waals surface area (Å²) in [5, 5.41) is 1.15. The van der Waals surface area contributed by atoms with Gasteiger partial charge in [-0.2, -0.15) is 0 Å². The molecular weight excluding hydrogens is 238 g/mol. The summed E-state index contributed by atoms with van der Waals surface area (Å²) in [7, 11) is 0. The van der Waals surface area contributed by atoms with Crippen molar-refractivity contribution in [2.75, 3.05) is 0 Å². The van der Waals surface area contributed by atoms with E-state index in [2.05, 4.69) is 4.98 Å². The highest BCUT2D eigenvalue weighted by atomic mass is 79.9. The molecule has 1 fully saturated rings. The van der Waals surface area contributed by atoms with Crippen molar-refractivity contribution >= 4 is 34.1 Å². The summed E-state index contributed by atoms with van der Waals surface area (Å²) in [5.41, 5.74) is 0. The van der Waals surface area contributed by atoms with E-state index in [1.807, 2.05) is 0 Å². The van der Waals surface area contributed by atoms with Gasteiger partial charge in [-0.25, -0.2) is 4.98 Å². The van der Waals surface area contributed by atoms with Gasteiger partial charge in [0.25, 0.3) is 0 Å². The highest BCUT2D eigenvalue weighted by Crippen LogP contribution is 2.41. The summed E-state index contributed by atoms with van der Waals surface area (Å²) in [4.78, 5) is 15.9. The summed E-state index contributed by atoms with van der Waals surface area (Å²) in [6.45, 7) is 1.59. The first-order chi connectivity index (χ1) is 5.27. The number of ketones is 1. The normalized spacial score (nSPS) is 15.4. The molecule has 1 aromatic heterocycles. The number of rotatable bonds is 2. The highest BCUT2D eigenvalue weighted by molar-refractivity contribution is 8.93. The van der Waals surface area contributed by atoms with E-state index in [1.54, 1.807) is 24.5 Å². The van der Waals surface area contributed by atoms with Crippen LogP contribution < -0.4 is 0 Å². The minimum Gasteiger partial charge on any atom is -0.294 e. The van der Waals surface area contributed by atoms with Gasteiger partial charge < -0.3 is 0 Å². The van der Waals surface area contributed by atoms with Crippen LogP contribution in [0.5, 0.6) is 0 Å². The highest BCUT2D eigenvalue weighted by Gasteiger charge is 2.26. The van der Waals surface area contributed by atoms with Gasteiger partial charge in [0.05, 0.1) is 9.88 Å². The molecule has 0 saturated heterocycles. The largest absolute Gasteiger partial charge is 0.294 e. The Morgan fingerprint density at radius 2 is 2.33 bits per heavy atom. The topological polar surface area (TPSA) is 30.0 Å². The second-order valence-corrected chi connectivity index (χ2v) is 3.96. The Hall–Kier alpha value is -0.220. The lowest BCUT2D eigenvalue weighted by Crippen LogP contribution is -1.83. The number of hydrogen-bond donors (Lipinski definition) is 0. The van der Waals surface area contributed by atoms with Crippen LogP contribution >= 0.6 is 28.3 Å². The van der Waals surface area contributed by atoms with E-state index in [0.29, 0.717) is 5.92 Å². The third-order valence-corrected chi connectivity index (χ3v) is 3.06. The monoisotopic (exact) mass is 247 g/mol. The molecule has 2 rings (SSSR count). The van der Waals surface area contributed by atoms with Gasteiger partial charge in [0.15, 0.2) is 5.78 Å². The molecule has 0 unspecified atom stereocenters. The van der Waals surface area contributed by atoms with E-state index in [1.165, 1.54) is 12.8 Å². The van der Waals surface area contributed by atoms with Crippen molar-refractivity contribution in [2.45, 2.75) is 25.7 Å². The van der Waals surface area contributed by atoms with Gasteiger partial charge in [-0.15, -0.1) is 28.3 Å². The van der Waals surface area contributed by atoms with Crippen LogP contribution in [-0.4, -0.2) is 10.8 Å². The number of hydrogen-bond acceptors (Lipinski definition) is 3. The fourth-order valence-electron chi connectivity index (χ4n) is 0.969. The smallest absolute Gasteiger partial charge is 0.171 e. The fraction of sp³-hybridized carbons (Fsp3) is 0.500. The van der Waals surface area contributed by atoms with Crippen molar-refractivity contribution < 1.29 is 4.79 Å². The SMILES string of the molecule is Br.CC(=O)c1cnc(C2CC2)s1. The lowest BCUT2D eigenvalue weighted by molar-refractivity contribution is 0.102. The summed E-state index contributed by atoms with van der Waals surface area (Å²) in [6.07, 6.45) is 4.20. The third kappa shape index (κ3) is 1.93. The molecular formula is C8H10BrNOS. The van der Waals surface area contributed by atoms with Crippen LogP contribution in [0.3, 0.4) is 0 Å². The van der Waals surface area contributed by atoms with E-state index >= 15 is 0 Å². The van der Waals surface area contributed by atoms with Crippen LogP contribution in [0.15, 0.2) is 6.20 Å². The fourth-order valence-corrected chi connectivity index (χ4v) is 1.95. The van der Waals surface area contributed by atoms with Crippen LogP contribution in [0, 0.1) is 0 Å². The summed E-state index contributed by atoms with van der Waals surface area (Å²) in [5.74, 6) is 0.808. The molecule has 0 N–H and O–H groups in total. The van der Waals surface area contributed by atoms with Crippen LogP contribution in [0.2, 0.25) is 0 Å². The van der Waals surface area contributed by atoms with Gasteiger partial charge in [-0.1, -0.05) is 0 Å². The van der Waals surface area contributed by atoms with Gasteiger partial charge in [0.1, 0.15) is 0 Å². The van der Waals surface area contributed by atoms with Crippen molar-refractivity contribution in [1.82, 2.24) is 4.98 Å². The predicted octanol–water partition coefficient (Wildman–Crippen LogP) is 2.80. The summed E-state index contributed by atoms with van der Waals surface area (Å²) >= 11 is 1.55. The standard InChI is InChI=1S/C8H9NOS.BrH/c1-5(10)7-4-9-8(11-7)6-2-3-6;/h4,6H,2-3H2,1H3;1H. The number of halogens is 1. The van der Waals surface area contributed by atoms with Gasteiger partial charge >= 0.3 is 0 Å². The minimum atomic E-state index is 0. The maximum Gasteiger partial charge on any atom is 0.171 e. The molecule has 1 heterocycles. The van der Waals surface area contributed by atoms with E-state index in [0.717, 1.165) is 9.88 Å². The molecule has 12 heavy (non-hydrogen) atoms. The number of thiazole rings is 1. The number of nitrogens with zero attached hydrogens (tertiary/aromatic N) is 1. The Balaban J connectivity index is 0.000000720. The maximum atomic E-state index is 10.9. The second-order valence-electron chi connectivity index (χ2n) is 2.89. The van der Waals surface area contributed by atoms with Gasteiger partial charge in [-0.3, -0.25) is 4.79 Å². The van der Waals surface area contributed by atoms with E-state index in [4.69, 9.17) is 0 Å². The number of carbonyl (C=O) groups excluding carboxylic acids is 1. The molecule has 0 bridgehead atoms. The zero-order chi connectivity index (χ0) is 7.84. The van der Waals surface area contributed by atoms with Gasteiger partial charge in [0, 0.05) is 19.0 Å². The molecule has 2 nitrogen and oxygen atoms in total. The Bertz CT molecular complexity index is 293. The van der Waals surface area contributed by atoms with E-state index in [9.17, 15) is 4.79 Å². The molecule has 0 spiro atoms. The molecule has 1 aliphatic rings. The Kier molecular flexibility index (Phi) is 3.01. The van der Waals surface area contributed by atoms with Crippen molar-refractivity contribution in [3.8, 4) is 0 Å². The van der Waals surface area contributed by atoms with Crippen molar-refractivity contribution in [3.63, 3.8) is 0 Å². The summed E-state index contributed by atoms with van der Waals surface area (Å²) in [6, 6.07) is 0. The molecule has 0 aromatic carbocycles. The van der Waals surface area contributed by atoms with Gasteiger partial charge in [-0.05, 0) is 12.8 Å². The predicted molar refractivity (Wildman–Crippen MR) is 54.4 cm³/mol. The van der Waals surface area contributed by atoms with Crippen LogP contribution in [0.1, 0.15) is 40.4 Å². The molecule has 1 aliphatic carbocycles. The molecule has 0 radical (unpaired) electrons. The molecule has 0 atom stereocenters. The number of aromatic nitrogens is 1. The molecule has 0 aliphatic heterocycles. The van der Waals surface area contributed by atoms with E-state index in [-0.39, 0.29) is 22.8 Å². The number of Topliss-reactive ketones (excluding diaryl/α,β-unsaturated/α-hetero) is 1. The zero-order valence-corrected chi connectivity index (χ0v) is 9.27. The molecule has 4 heteroatoms. The Morgan fingerprint density at radius 1 is 1.67 bits per heavy atom. The molecule has 0 amide bonds. The second kappa shape index (κ2) is 3.66. The molecule has 1 saturated carbocycles. The van der Waals surface area contributed by atoms with Crippen molar-refractivity contribution in [2.24, 2.45) is 0 Å². The maximum absolute atomic E-state index is 10.9. The first-order valence-corrected chi connectivity index (χ1v) is 4.55. The van der Waals surface area contributed by atoms with Gasteiger partial charge in [0.2, 0.25) is 0 Å². The Labute approximate surface area is 85.8 Å². The van der Waals surface area contributed by atoms with Crippen LogP contribution in [-0.2, 0) is 0 Å². The lowest BCUT2D eigenvalue weighted by Gasteiger charge is -1.83. The first kappa shape index (κ1) is 9.86. The third-order valence-electron chi connectivity index (χ3n) is 1.80. The van der Waals surface area contributed by atoms with Crippen LogP contribution in [0.25, 0.3) is 0 Å². The lowest BCUT2D eigenvalue weighted by atomic mass is 10.4. The Morgan fingerprint density at radius 3 is 2.75 bits per heavy atom. The average molecular weight is 248 g/mol. The average Bonchev–Trinajstić information content (AvgIpc) is 2.68. The quantitative estimate of drug-likeness (QED) is 0.753. The first-order valence-electron chi connectivity index (χ1n) is 3.74. The molecule has 1 aromatic rings. The van der Waals surface area contributed by atoms with Crippen molar-refractivity contribution in [3.05, 3.63) is 16.1 Å². The van der Waals surface area contributed by atoms with E-state index < -0.39 is 0 Å². The van der Waals surface area contributed by atoms with Crippen molar-refractivity contribution in [1.29, 1.82) is 0 Å². The zero-order valence-electron chi connectivity index (χ0n) is 6.74. The summed E-state index contributed by atoms with van der Waals surface area (Å²) < 4.78 is 0. The molecule has 66 valence electrons.